The summed E-state index contributed by atoms with van der Waals surface area (Å²) in [6.07, 6.45) is 5.60. The van der Waals surface area contributed by atoms with Crippen molar-refractivity contribution in [2.24, 2.45) is 37.9 Å². The third-order valence-corrected chi connectivity index (χ3v) is 25.7. The normalized spacial score (nSPS) is 11.6. The fourth-order valence-electron chi connectivity index (χ4n) is 13.0. The number of phenols is 10. The number of hydrogen-bond acceptors (Lipinski definition) is 24. The molecule has 0 heterocycles. The van der Waals surface area contributed by atoms with E-state index in [1.165, 1.54) is 36.4 Å². The summed E-state index contributed by atoms with van der Waals surface area (Å²) in [6.45, 7) is 40.4. The Morgan fingerprint density at radius 3 is 1.10 bits per heavy atom. The van der Waals surface area contributed by atoms with Crippen LogP contribution in [0.25, 0.3) is 75.4 Å². The van der Waals surface area contributed by atoms with Gasteiger partial charge in [-0.2, -0.15) is 0 Å². The molecule has 0 aliphatic rings. The van der Waals surface area contributed by atoms with Crippen LogP contribution in [0, 0.1) is 37.9 Å². The molecule has 0 amide bonds. The second-order valence-electron chi connectivity index (χ2n) is 38.8. The molecule has 14 aromatic carbocycles. The number of hydrogen-bond donors (Lipinski definition) is 10. The van der Waals surface area contributed by atoms with Crippen LogP contribution in [0.15, 0.2) is 237 Å². The van der Waals surface area contributed by atoms with Gasteiger partial charge in [0.05, 0.1) is 49.9 Å². The molecule has 14 rings (SSSR count). The Kier molecular flexibility index (Phi) is 37.9. The van der Waals surface area contributed by atoms with E-state index >= 15 is 0 Å². The maximum atomic E-state index is 12.1. The summed E-state index contributed by atoms with van der Waals surface area (Å²) < 4.78 is 37.9. The van der Waals surface area contributed by atoms with Crippen LogP contribution in [-0.2, 0) is 67.4 Å². The molecule has 0 saturated heterocycles. The first-order valence-corrected chi connectivity index (χ1v) is 46.9. The highest BCUT2D eigenvalue weighted by Gasteiger charge is 2.34. The largest absolute Gasteiger partial charge is 0.508 e. The Hall–Kier alpha value is -14.8. The lowest BCUT2D eigenvalue weighted by Crippen LogP contribution is -2.28. The van der Waals surface area contributed by atoms with Crippen molar-refractivity contribution in [3.8, 4) is 80.5 Å². The number of rotatable bonds is 25. The lowest BCUT2D eigenvalue weighted by molar-refractivity contribution is -0.156. The highest BCUT2D eigenvalue weighted by Crippen LogP contribution is 2.43. The standard InChI is InChI=1S/C18H22O3.2C17H20O3.3C16H18O4.C16H18O3/c1-4-18(2,3)17(20)21-12-11-13-7-5-9-15-14(13)8-6-10-16(15)19;1-4-17(2,3)16(19)20-11-12-7-5-9-14-13(12)8-6-10-15(14)18;1-4-17(2,3)16(19)20-11-12-5-6-14-10-15(18)8-7-13(14)9-12;1-4-16(2,3)15(19)20-14-7-5-6-11-12(14)8-10(17)9-13(11)18;1-4-16(2,3)15(19)20-13-7-5-6-11-10(13)8-9-12(17)14(11)18;1-4-16(2,3)15(19)20-13-9-8-11(17)10-6-5-7-12(18)14(10)13;1-4-16(2,3)15(18)19-14-8-6-11-9-13(17)7-5-12(11)10-14/h5-10,19H,4,11-12H2,1-3H3;2*5-10,18H,4,11H2,1-3H3;3*5-9,17-18H,4H2,1-3H3;5-10,17H,4H2,1-3H3. The topological polar surface area (TPSA) is 386 Å². The van der Waals surface area contributed by atoms with Gasteiger partial charge in [-0.05, 0) is 294 Å². The lowest BCUT2D eigenvalue weighted by Gasteiger charge is -2.21. The van der Waals surface area contributed by atoms with E-state index in [9.17, 15) is 84.6 Å². The summed E-state index contributed by atoms with van der Waals surface area (Å²) >= 11 is 0. The average molecular weight is 1910 g/mol. The number of ether oxygens (including phenoxy) is 7. The zero-order valence-electron chi connectivity index (χ0n) is 84.0. The molecule has 0 radical (unpaired) electrons. The number of aromatic hydroxyl groups is 10. The van der Waals surface area contributed by atoms with Gasteiger partial charge in [0.25, 0.3) is 0 Å². The Morgan fingerprint density at radius 2 is 0.600 bits per heavy atom. The fourth-order valence-corrected chi connectivity index (χ4v) is 13.0. The first kappa shape index (κ1) is 110. The number of carbonyl (C=O) groups excluding carboxylic acids is 7. The quantitative estimate of drug-likeness (QED) is 0.0110. The highest BCUT2D eigenvalue weighted by molar-refractivity contribution is 6.01. The van der Waals surface area contributed by atoms with Gasteiger partial charge >= 0.3 is 41.8 Å². The van der Waals surface area contributed by atoms with Gasteiger partial charge in [-0.1, -0.05) is 176 Å². The second kappa shape index (κ2) is 48.0. The molecule has 0 spiro atoms. The zero-order chi connectivity index (χ0) is 104. The molecule has 0 atom stereocenters. The van der Waals surface area contributed by atoms with Crippen molar-refractivity contribution in [3.63, 3.8) is 0 Å². The third kappa shape index (κ3) is 28.9. The Morgan fingerprint density at radius 1 is 0.243 bits per heavy atom. The molecule has 0 aliphatic carbocycles. The summed E-state index contributed by atoms with van der Waals surface area (Å²) in [5.74, 6) is 0.173. The summed E-state index contributed by atoms with van der Waals surface area (Å²) in [7, 11) is 0. The minimum Gasteiger partial charge on any atom is -0.508 e. The minimum absolute atomic E-state index is 0.0319. The van der Waals surface area contributed by atoms with Crippen LogP contribution >= 0.6 is 0 Å². The van der Waals surface area contributed by atoms with Gasteiger partial charge in [0.15, 0.2) is 11.5 Å². The van der Waals surface area contributed by atoms with Gasteiger partial charge in [-0.15, -0.1) is 0 Å². The van der Waals surface area contributed by atoms with Crippen molar-refractivity contribution in [2.75, 3.05) is 6.61 Å². The van der Waals surface area contributed by atoms with E-state index in [0.29, 0.717) is 81.9 Å². The molecule has 10 N–H and O–H groups in total. The first-order chi connectivity index (χ1) is 65.8. The van der Waals surface area contributed by atoms with Crippen LogP contribution in [0.1, 0.15) is 207 Å². The van der Waals surface area contributed by atoms with E-state index in [4.69, 9.17) is 33.2 Å². The van der Waals surface area contributed by atoms with Crippen molar-refractivity contribution in [1.82, 2.24) is 0 Å². The molecule has 24 heteroatoms. The zero-order valence-corrected chi connectivity index (χ0v) is 84.0. The molecule has 0 saturated carbocycles. The Labute approximate surface area is 818 Å². The van der Waals surface area contributed by atoms with Crippen LogP contribution < -0.4 is 18.9 Å². The predicted octanol–water partition coefficient (Wildman–Crippen LogP) is 26.8. The molecule has 140 heavy (non-hydrogen) atoms. The molecule has 0 bridgehead atoms. The van der Waals surface area contributed by atoms with Crippen LogP contribution in [0.4, 0.5) is 0 Å². The summed E-state index contributed by atoms with van der Waals surface area (Å²) in [5, 5.41) is 107. The SMILES string of the molecule is CCC(C)(C)C(=O)OCCc1cccc2c(O)cccc12.CCC(C)(C)C(=O)OCc1ccc2cc(O)ccc2c1.CCC(C)(C)C(=O)OCc1cccc2c(O)cccc12.CCC(C)(C)C(=O)Oc1ccc(O)c2cccc(O)c12.CCC(C)(C)C(=O)Oc1ccc2cc(O)ccc2c1.CCC(C)(C)C(=O)Oc1cccc2c(O)c(O)ccc12.CCC(C)(C)C(=O)Oc1cccc2c(O)cc(O)cc12. The van der Waals surface area contributed by atoms with Crippen molar-refractivity contribution in [3.05, 3.63) is 253 Å². The molecule has 0 unspecified atom stereocenters. The van der Waals surface area contributed by atoms with Crippen LogP contribution in [0.2, 0.25) is 0 Å². The van der Waals surface area contributed by atoms with E-state index in [2.05, 4.69) is 0 Å². The number of esters is 7. The van der Waals surface area contributed by atoms with Crippen LogP contribution in [0.5, 0.6) is 80.5 Å². The third-order valence-electron chi connectivity index (χ3n) is 25.7. The second-order valence-corrected chi connectivity index (χ2v) is 38.8. The molecule has 0 aromatic heterocycles. The number of carbonyl (C=O) groups is 7. The summed E-state index contributed by atoms with van der Waals surface area (Å²) in [4.78, 5) is 84.3. The average Bonchev–Trinajstić information content (AvgIpc) is 0.793. The number of fused-ring (bicyclic) bond motifs is 7. The van der Waals surface area contributed by atoms with Gasteiger partial charge in [0.2, 0.25) is 0 Å². The number of phenolic OH excluding ortho intramolecular Hbond substituents is 10. The van der Waals surface area contributed by atoms with Gasteiger partial charge in [0.1, 0.15) is 82.2 Å². The monoisotopic (exact) mass is 1910 g/mol. The van der Waals surface area contributed by atoms with Crippen molar-refractivity contribution in [2.45, 2.75) is 210 Å². The van der Waals surface area contributed by atoms with Crippen LogP contribution in [0.3, 0.4) is 0 Å². The molecule has 14 aromatic rings. The lowest BCUT2D eigenvalue weighted by atomic mass is 9.90. The number of benzene rings is 14. The van der Waals surface area contributed by atoms with Crippen molar-refractivity contribution < 1.29 is 118 Å². The van der Waals surface area contributed by atoms with E-state index in [-0.39, 0.29) is 118 Å². The van der Waals surface area contributed by atoms with Gasteiger partial charge in [0, 0.05) is 50.2 Å². The molecule has 742 valence electrons. The maximum absolute atomic E-state index is 12.1. The fraction of sp³-hybridized carbons (Fsp3) is 0.336. The van der Waals surface area contributed by atoms with E-state index in [0.717, 1.165) is 85.5 Å². The van der Waals surface area contributed by atoms with Crippen LogP contribution in [-0.4, -0.2) is 99.5 Å². The molecule has 0 aliphatic heterocycles. The van der Waals surface area contributed by atoms with Gasteiger partial charge in [-0.25, -0.2) is 0 Å². The van der Waals surface area contributed by atoms with Crippen molar-refractivity contribution in [1.29, 1.82) is 0 Å². The molecule has 24 nitrogen and oxygen atoms in total. The van der Waals surface area contributed by atoms with Crippen molar-refractivity contribution >= 4 is 117 Å². The predicted molar refractivity (Wildman–Crippen MR) is 550 cm³/mol. The van der Waals surface area contributed by atoms with Gasteiger partial charge in [-0.3, -0.25) is 33.6 Å². The summed E-state index contributed by atoms with van der Waals surface area (Å²) in [6, 6.07) is 67.2. The molecular formula is C116H134O24. The highest BCUT2D eigenvalue weighted by atomic mass is 16.6. The van der Waals surface area contributed by atoms with E-state index in [1.54, 1.807) is 129 Å². The maximum Gasteiger partial charge on any atom is 0.316 e. The smallest absolute Gasteiger partial charge is 0.316 e. The Bertz CT molecular complexity index is 6750. The van der Waals surface area contributed by atoms with E-state index in [1.807, 2.05) is 216 Å². The minimum atomic E-state index is -0.603. The molecule has 0 fully saturated rings. The molecular weight excluding hydrogens is 1780 g/mol. The summed E-state index contributed by atoms with van der Waals surface area (Å²) in [5.41, 5.74) is -0.653. The Balaban J connectivity index is 0.000000200. The first-order valence-electron chi connectivity index (χ1n) is 46.9. The van der Waals surface area contributed by atoms with E-state index < -0.39 is 37.9 Å². The van der Waals surface area contributed by atoms with Gasteiger partial charge < -0.3 is 84.2 Å².